The average Bonchev–Trinajstić information content (AvgIpc) is 3.29. The molecule has 6 aromatic rings. The average molecular weight is 899 g/mol. The van der Waals surface area contributed by atoms with Crippen molar-refractivity contribution >= 4 is 23.3 Å². The molecule has 0 saturated carbocycles. The van der Waals surface area contributed by atoms with E-state index in [0.717, 1.165) is 55.9 Å². The van der Waals surface area contributed by atoms with E-state index in [4.69, 9.17) is 19.3 Å². The Bertz CT molecular complexity index is 2560. The summed E-state index contributed by atoms with van der Waals surface area (Å²) in [5.74, 6) is -0.273. The van der Waals surface area contributed by atoms with Crippen LogP contribution in [0.3, 0.4) is 0 Å². The monoisotopic (exact) mass is 898 g/mol. The largest absolute Gasteiger partial charge is 0.497 e. The number of methoxy groups -OCH3 is 2. The SMILES string of the molecule is CCOC(=O)CCc1ccc(NCc2ccc(C(C)(C)C)c(-c3cc(OC)ccc3F)c2)cc1.COc1ccc(F)c(-c2cc(CNc3ccc(CCC(=O)O)cc3)ccc2C(C)(C)C)c1. The molecule has 0 bridgehead atoms. The summed E-state index contributed by atoms with van der Waals surface area (Å²) >= 11 is 0. The zero-order valence-corrected chi connectivity index (χ0v) is 39.7. The number of anilines is 2. The van der Waals surface area contributed by atoms with Crippen molar-refractivity contribution in [2.75, 3.05) is 31.5 Å². The second kappa shape index (κ2) is 23.0. The molecular formula is C56H64F2N2O6. The molecule has 10 heteroatoms. The maximum atomic E-state index is 14.8. The Morgan fingerprint density at radius 1 is 0.530 bits per heavy atom. The molecule has 8 nitrogen and oxygen atoms in total. The van der Waals surface area contributed by atoms with E-state index in [1.54, 1.807) is 38.5 Å². The van der Waals surface area contributed by atoms with Gasteiger partial charge in [0.1, 0.15) is 23.1 Å². The quantitative estimate of drug-likeness (QED) is 0.0778. The third kappa shape index (κ3) is 14.4. The molecule has 0 unspecified atom stereocenters. The topological polar surface area (TPSA) is 106 Å². The lowest BCUT2D eigenvalue weighted by Gasteiger charge is -2.24. The van der Waals surface area contributed by atoms with Gasteiger partial charge in [-0.15, -0.1) is 0 Å². The first-order valence-corrected chi connectivity index (χ1v) is 22.4. The number of hydrogen-bond donors (Lipinski definition) is 3. The Kier molecular flexibility index (Phi) is 17.5. The smallest absolute Gasteiger partial charge is 0.306 e. The zero-order valence-electron chi connectivity index (χ0n) is 39.7. The van der Waals surface area contributed by atoms with E-state index in [-0.39, 0.29) is 34.9 Å². The van der Waals surface area contributed by atoms with Crippen molar-refractivity contribution in [3.63, 3.8) is 0 Å². The number of benzene rings is 6. The summed E-state index contributed by atoms with van der Waals surface area (Å²) < 4.78 is 45.3. The van der Waals surface area contributed by atoms with Crippen LogP contribution in [0.1, 0.15) is 94.7 Å². The third-order valence-electron chi connectivity index (χ3n) is 11.2. The van der Waals surface area contributed by atoms with Crippen molar-refractivity contribution in [1.29, 1.82) is 0 Å². The molecular weight excluding hydrogens is 835 g/mol. The number of rotatable bonds is 17. The number of carbonyl (C=O) groups excluding carboxylic acids is 1. The Hall–Kier alpha value is -6.68. The molecule has 6 rings (SSSR count). The molecule has 0 amide bonds. The summed E-state index contributed by atoms with van der Waals surface area (Å²) in [5, 5.41) is 15.6. The van der Waals surface area contributed by atoms with Gasteiger partial charge in [0.15, 0.2) is 0 Å². The number of carbonyl (C=O) groups is 2. The minimum atomic E-state index is -0.797. The van der Waals surface area contributed by atoms with E-state index in [2.05, 4.69) is 82.5 Å². The van der Waals surface area contributed by atoms with Crippen molar-refractivity contribution < 1.29 is 37.7 Å². The molecule has 6 aromatic carbocycles. The molecule has 0 aromatic heterocycles. The van der Waals surface area contributed by atoms with Crippen LogP contribution in [0.4, 0.5) is 20.2 Å². The van der Waals surface area contributed by atoms with Crippen molar-refractivity contribution in [2.24, 2.45) is 0 Å². The number of halogens is 2. The summed E-state index contributed by atoms with van der Waals surface area (Å²) in [6.07, 6.45) is 1.67. The number of carboxylic acid groups (broad SMARTS) is 1. The normalized spacial score (nSPS) is 11.3. The Labute approximate surface area is 389 Å². The predicted molar refractivity (Wildman–Crippen MR) is 263 cm³/mol. The summed E-state index contributed by atoms with van der Waals surface area (Å²) in [7, 11) is 3.17. The van der Waals surface area contributed by atoms with Gasteiger partial charge in [-0.05, 0) is 148 Å². The Morgan fingerprint density at radius 2 is 0.924 bits per heavy atom. The highest BCUT2D eigenvalue weighted by Gasteiger charge is 2.23. The molecule has 3 N–H and O–H groups in total. The number of aliphatic carboxylic acids is 1. The fourth-order valence-electron chi connectivity index (χ4n) is 7.55. The number of aryl methyl sites for hydroxylation is 2. The van der Waals surface area contributed by atoms with Crippen LogP contribution in [0, 0.1) is 11.6 Å². The standard InChI is InChI=1S/C29H34FNO3.C27H30FNO3/c1-6-34-28(32)16-10-20-7-11-22(12-8-20)31-19-21-9-14-26(29(2,3)4)24(17-21)25-18-23(33-5)13-15-27(25)30;1-27(2,3)24-12-7-19(15-22(24)23-16-21(32-4)11-13-25(23)28)17-29-20-9-5-18(6-10-20)8-14-26(30)31/h7-9,11-15,17-18,31H,6,10,16,19H2,1-5H3;5-7,9-13,15-16,29H,8,14,17H2,1-4H3,(H,30,31). The van der Waals surface area contributed by atoms with Crippen LogP contribution in [-0.2, 0) is 51.1 Å². The lowest BCUT2D eigenvalue weighted by atomic mass is 9.81. The molecule has 0 atom stereocenters. The van der Waals surface area contributed by atoms with Gasteiger partial charge in [0.05, 0.1) is 20.8 Å². The van der Waals surface area contributed by atoms with Crippen LogP contribution in [0.25, 0.3) is 22.3 Å². The summed E-state index contributed by atoms with van der Waals surface area (Å²) in [6.45, 7) is 16.1. The Balaban J connectivity index is 0.000000248. The highest BCUT2D eigenvalue weighted by molar-refractivity contribution is 5.73. The van der Waals surface area contributed by atoms with Crippen LogP contribution in [0.15, 0.2) is 121 Å². The highest BCUT2D eigenvalue weighted by atomic mass is 19.1. The van der Waals surface area contributed by atoms with Crippen LogP contribution in [0.5, 0.6) is 11.5 Å². The fraction of sp³-hybridized carbons (Fsp3) is 0.321. The molecule has 0 saturated heterocycles. The zero-order chi connectivity index (χ0) is 48.0. The second-order valence-corrected chi connectivity index (χ2v) is 18.3. The van der Waals surface area contributed by atoms with E-state index in [0.29, 0.717) is 61.6 Å². The van der Waals surface area contributed by atoms with Crippen LogP contribution >= 0.6 is 0 Å². The van der Waals surface area contributed by atoms with Crippen LogP contribution < -0.4 is 20.1 Å². The fourth-order valence-corrected chi connectivity index (χ4v) is 7.55. The molecule has 348 valence electrons. The van der Waals surface area contributed by atoms with E-state index < -0.39 is 5.97 Å². The van der Waals surface area contributed by atoms with Gasteiger partial charge in [-0.3, -0.25) is 9.59 Å². The number of carboxylic acids is 1. The summed E-state index contributed by atoms with van der Waals surface area (Å²) in [6, 6.07) is 37.9. The number of esters is 1. The van der Waals surface area contributed by atoms with E-state index in [9.17, 15) is 18.4 Å². The molecule has 0 radical (unpaired) electrons. The minimum absolute atomic E-state index is 0.122. The molecule has 66 heavy (non-hydrogen) atoms. The first-order valence-electron chi connectivity index (χ1n) is 22.4. The lowest BCUT2D eigenvalue weighted by molar-refractivity contribution is -0.143. The number of ether oxygens (including phenoxy) is 3. The van der Waals surface area contributed by atoms with Gasteiger partial charge in [-0.25, -0.2) is 8.78 Å². The molecule has 0 aliphatic heterocycles. The maximum Gasteiger partial charge on any atom is 0.306 e. The van der Waals surface area contributed by atoms with Crippen molar-refractivity contribution in [1.82, 2.24) is 0 Å². The molecule has 0 aliphatic carbocycles. The van der Waals surface area contributed by atoms with Crippen LogP contribution in [0.2, 0.25) is 0 Å². The van der Waals surface area contributed by atoms with Gasteiger partial charge in [-0.1, -0.05) is 90.1 Å². The molecule has 0 fully saturated rings. The molecule has 0 spiro atoms. The van der Waals surface area contributed by atoms with Crippen molar-refractivity contribution in [3.05, 3.63) is 166 Å². The second-order valence-electron chi connectivity index (χ2n) is 18.3. The number of nitrogens with one attached hydrogen (secondary N) is 2. The minimum Gasteiger partial charge on any atom is -0.497 e. The molecule has 0 heterocycles. The summed E-state index contributed by atoms with van der Waals surface area (Å²) in [4.78, 5) is 22.3. The maximum absolute atomic E-state index is 14.8. The van der Waals surface area contributed by atoms with Gasteiger partial charge in [0, 0.05) is 48.4 Å². The van der Waals surface area contributed by atoms with Crippen molar-refractivity contribution in [2.45, 2.75) is 98.1 Å². The first-order chi connectivity index (χ1) is 31.4. The van der Waals surface area contributed by atoms with Crippen LogP contribution in [-0.4, -0.2) is 37.9 Å². The Morgan fingerprint density at radius 3 is 1.29 bits per heavy atom. The van der Waals surface area contributed by atoms with Gasteiger partial charge in [0.2, 0.25) is 0 Å². The lowest BCUT2D eigenvalue weighted by Crippen LogP contribution is -2.14. The van der Waals surface area contributed by atoms with E-state index in [1.165, 1.54) is 12.1 Å². The van der Waals surface area contributed by atoms with E-state index >= 15 is 0 Å². The van der Waals surface area contributed by atoms with Gasteiger partial charge < -0.3 is 30.0 Å². The highest BCUT2D eigenvalue weighted by Crippen LogP contribution is 2.38. The third-order valence-corrected chi connectivity index (χ3v) is 11.2. The first kappa shape index (κ1) is 50.3. The van der Waals surface area contributed by atoms with Gasteiger partial charge >= 0.3 is 11.9 Å². The van der Waals surface area contributed by atoms with Gasteiger partial charge in [-0.2, -0.15) is 0 Å². The molecule has 0 aliphatic rings. The van der Waals surface area contributed by atoms with E-state index in [1.807, 2.05) is 61.5 Å². The van der Waals surface area contributed by atoms with Gasteiger partial charge in [0.25, 0.3) is 0 Å². The number of hydrogen-bond acceptors (Lipinski definition) is 7. The predicted octanol–water partition coefficient (Wildman–Crippen LogP) is 13.3. The van der Waals surface area contributed by atoms with Crippen molar-refractivity contribution in [3.8, 4) is 33.8 Å². The summed E-state index contributed by atoms with van der Waals surface area (Å²) in [5.41, 5.74) is 10.7.